The van der Waals surface area contributed by atoms with Gasteiger partial charge in [0.15, 0.2) is 0 Å². The van der Waals surface area contributed by atoms with Crippen LogP contribution in [0, 0.1) is 0 Å². The number of allylic oxidation sites excluding steroid dienone is 4. The monoisotopic (exact) mass is 162 g/mol. The van der Waals surface area contributed by atoms with Gasteiger partial charge < -0.3 is 0 Å². The molecule has 0 nitrogen and oxygen atoms in total. The van der Waals surface area contributed by atoms with Crippen LogP contribution in [0.15, 0.2) is 41.1 Å². The molecule has 1 aromatic heterocycles. The molecule has 0 spiro atoms. The number of thiophene rings is 1. The summed E-state index contributed by atoms with van der Waals surface area (Å²) in [6.45, 7) is 2.23. The Balaban J connectivity index is 2.43. The van der Waals surface area contributed by atoms with Crippen molar-refractivity contribution in [3.05, 3.63) is 46.7 Å². The topological polar surface area (TPSA) is 0 Å². The molecule has 0 amide bonds. The summed E-state index contributed by atoms with van der Waals surface area (Å²) in [6.07, 6.45) is 8.68. The van der Waals surface area contributed by atoms with E-state index in [1.807, 2.05) is 0 Å². The van der Waals surface area contributed by atoms with Crippen molar-refractivity contribution in [2.45, 2.75) is 12.3 Å². The van der Waals surface area contributed by atoms with Crippen LogP contribution in [0.25, 0.3) is 0 Å². The van der Waals surface area contributed by atoms with Crippen LogP contribution in [0.4, 0.5) is 0 Å². The molecule has 1 heteroatoms. The lowest BCUT2D eigenvalue weighted by molar-refractivity contribution is 0.774. The third-order valence-corrected chi connectivity index (χ3v) is 2.82. The Kier molecular flexibility index (Phi) is 1.46. The molecule has 1 aromatic rings. The van der Waals surface area contributed by atoms with E-state index in [1.54, 1.807) is 11.3 Å². The Morgan fingerprint density at radius 2 is 2.00 bits per heavy atom. The van der Waals surface area contributed by atoms with Crippen molar-refractivity contribution in [2.24, 2.45) is 0 Å². The molecule has 11 heavy (non-hydrogen) atoms. The molecule has 1 aliphatic carbocycles. The van der Waals surface area contributed by atoms with Crippen molar-refractivity contribution in [3.63, 3.8) is 0 Å². The SMILES string of the molecule is CC1(c2ccsc2)C=CC=C1. The van der Waals surface area contributed by atoms with Gasteiger partial charge in [-0.25, -0.2) is 0 Å². The van der Waals surface area contributed by atoms with Crippen molar-refractivity contribution in [3.8, 4) is 0 Å². The molecule has 0 unspecified atom stereocenters. The zero-order chi connectivity index (χ0) is 7.73. The molecule has 0 aromatic carbocycles. The summed E-state index contributed by atoms with van der Waals surface area (Å²) in [5.41, 5.74) is 1.56. The maximum atomic E-state index is 2.23. The Labute approximate surface area is 70.9 Å². The quantitative estimate of drug-likeness (QED) is 0.595. The normalized spacial score (nSPS) is 19.4. The molecule has 1 aliphatic rings. The van der Waals surface area contributed by atoms with Gasteiger partial charge in [0.25, 0.3) is 0 Å². The highest BCUT2D eigenvalue weighted by molar-refractivity contribution is 7.08. The van der Waals surface area contributed by atoms with E-state index >= 15 is 0 Å². The predicted octanol–water partition coefficient (Wildman–Crippen LogP) is 3.13. The van der Waals surface area contributed by atoms with Crippen LogP contribution in [0.5, 0.6) is 0 Å². The van der Waals surface area contributed by atoms with E-state index in [0.29, 0.717) is 0 Å². The second-order valence-electron chi connectivity index (χ2n) is 3.01. The summed E-state index contributed by atoms with van der Waals surface area (Å²) in [7, 11) is 0. The van der Waals surface area contributed by atoms with Gasteiger partial charge in [-0.05, 0) is 29.3 Å². The van der Waals surface area contributed by atoms with Crippen LogP contribution in [0.1, 0.15) is 12.5 Å². The fourth-order valence-corrected chi connectivity index (χ4v) is 2.11. The molecular weight excluding hydrogens is 152 g/mol. The smallest absolute Gasteiger partial charge is 0.0298 e. The lowest BCUT2D eigenvalue weighted by Crippen LogP contribution is -2.11. The first-order chi connectivity index (χ1) is 5.31. The summed E-state index contributed by atoms with van der Waals surface area (Å²) < 4.78 is 0. The first kappa shape index (κ1) is 6.86. The summed E-state index contributed by atoms with van der Waals surface area (Å²) in [5.74, 6) is 0. The maximum absolute atomic E-state index is 2.23. The van der Waals surface area contributed by atoms with Gasteiger partial charge in [-0.15, -0.1) is 0 Å². The van der Waals surface area contributed by atoms with Crippen molar-refractivity contribution in [1.82, 2.24) is 0 Å². The average Bonchev–Trinajstić information content (AvgIpc) is 2.55. The summed E-state index contributed by atoms with van der Waals surface area (Å²) >= 11 is 1.76. The highest BCUT2D eigenvalue weighted by Crippen LogP contribution is 2.31. The molecule has 56 valence electrons. The second-order valence-corrected chi connectivity index (χ2v) is 3.79. The predicted molar refractivity (Wildman–Crippen MR) is 50.0 cm³/mol. The fraction of sp³-hybridized carbons (Fsp3) is 0.200. The number of rotatable bonds is 1. The largest absolute Gasteiger partial charge is 0.152 e. The van der Waals surface area contributed by atoms with Gasteiger partial charge in [0.1, 0.15) is 0 Å². The summed E-state index contributed by atoms with van der Waals surface area (Å²) in [6, 6.07) is 2.19. The van der Waals surface area contributed by atoms with E-state index in [4.69, 9.17) is 0 Å². The lowest BCUT2D eigenvalue weighted by atomic mass is 9.86. The second kappa shape index (κ2) is 2.35. The van der Waals surface area contributed by atoms with Crippen LogP contribution >= 0.6 is 11.3 Å². The molecule has 0 aliphatic heterocycles. The van der Waals surface area contributed by atoms with E-state index in [-0.39, 0.29) is 5.41 Å². The van der Waals surface area contributed by atoms with Crippen LogP contribution in [-0.2, 0) is 5.41 Å². The van der Waals surface area contributed by atoms with E-state index in [2.05, 4.69) is 48.1 Å². The van der Waals surface area contributed by atoms with Crippen molar-refractivity contribution < 1.29 is 0 Å². The van der Waals surface area contributed by atoms with Gasteiger partial charge in [-0.3, -0.25) is 0 Å². The molecule has 0 N–H and O–H groups in total. The number of hydrogen-bond donors (Lipinski definition) is 0. The molecule has 0 radical (unpaired) electrons. The van der Waals surface area contributed by atoms with Crippen molar-refractivity contribution in [2.75, 3.05) is 0 Å². The van der Waals surface area contributed by atoms with Crippen LogP contribution < -0.4 is 0 Å². The van der Waals surface area contributed by atoms with E-state index in [1.165, 1.54) is 5.56 Å². The minimum Gasteiger partial charge on any atom is -0.152 e. The minimum absolute atomic E-state index is 0.167. The molecular formula is C10H10S. The standard InChI is InChI=1S/C10H10S/c1-10(5-2-3-6-10)9-4-7-11-8-9/h2-8H,1H3. The van der Waals surface area contributed by atoms with E-state index in [9.17, 15) is 0 Å². The van der Waals surface area contributed by atoms with E-state index < -0.39 is 0 Å². The van der Waals surface area contributed by atoms with Gasteiger partial charge in [0.2, 0.25) is 0 Å². The molecule has 1 heterocycles. The van der Waals surface area contributed by atoms with Crippen molar-refractivity contribution in [1.29, 1.82) is 0 Å². The number of hydrogen-bond acceptors (Lipinski definition) is 1. The van der Waals surface area contributed by atoms with Crippen molar-refractivity contribution >= 4 is 11.3 Å². The highest BCUT2D eigenvalue weighted by Gasteiger charge is 2.21. The van der Waals surface area contributed by atoms with Gasteiger partial charge in [-0.1, -0.05) is 24.3 Å². The molecule has 0 saturated heterocycles. The van der Waals surface area contributed by atoms with Crippen LogP contribution in [-0.4, -0.2) is 0 Å². The Morgan fingerprint density at radius 1 is 1.27 bits per heavy atom. The van der Waals surface area contributed by atoms with Crippen LogP contribution in [0.3, 0.4) is 0 Å². The van der Waals surface area contributed by atoms with Gasteiger partial charge in [-0.2, -0.15) is 11.3 Å². The zero-order valence-corrected chi connectivity index (χ0v) is 7.27. The molecule has 0 fully saturated rings. The average molecular weight is 162 g/mol. The minimum atomic E-state index is 0.167. The van der Waals surface area contributed by atoms with Gasteiger partial charge in [0.05, 0.1) is 0 Å². The fourth-order valence-electron chi connectivity index (χ4n) is 1.33. The Bertz CT molecular complexity index is 279. The first-order valence-corrected chi connectivity index (χ1v) is 4.65. The third-order valence-electron chi connectivity index (χ3n) is 2.14. The van der Waals surface area contributed by atoms with Gasteiger partial charge >= 0.3 is 0 Å². The first-order valence-electron chi connectivity index (χ1n) is 3.71. The Hall–Kier alpha value is -0.820. The third kappa shape index (κ3) is 1.05. The summed E-state index contributed by atoms with van der Waals surface area (Å²) in [4.78, 5) is 0. The Morgan fingerprint density at radius 3 is 2.55 bits per heavy atom. The zero-order valence-electron chi connectivity index (χ0n) is 6.45. The highest BCUT2D eigenvalue weighted by atomic mass is 32.1. The summed E-state index contributed by atoms with van der Waals surface area (Å²) in [5, 5.41) is 4.33. The van der Waals surface area contributed by atoms with Crippen LogP contribution in [0.2, 0.25) is 0 Å². The maximum Gasteiger partial charge on any atom is 0.0298 e. The molecule has 2 rings (SSSR count). The molecule has 0 atom stereocenters. The molecule has 0 saturated carbocycles. The molecule has 0 bridgehead atoms. The van der Waals surface area contributed by atoms with E-state index in [0.717, 1.165) is 0 Å². The van der Waals surface area contributed by atoms with Gasteiger partial charge in [0, 0.05) is 5.41 Å². The lowest BCUT2D eigenvalue weighted by Gasteiger charge is -2.17.